The molecule has 0 amide bonds. The van der Waals surface area contributed by atoms with Crippen molar-refractivity contribution in [1.29, 1.82) is 0 Å². The third-order valence-corrected chi connectivity index (χ3v) is 5.46. The van der Waals surface area contributed by atoms with Gasteiger partial charge in [-0.05, 0) is 49.3 Å². The molecule has 0 spiro atoms. The zero-order valence-electron chi connectivity index (χ0n) is 18.1. The Morgan fingerprint density at radius 2 is 1.44 bits per heavy atom. The average Bonchev–Trinajstić information content (AvgIpc) is 2.69. The molecular formula is C24H42O3. The van der Waals surface area contributed by atoms with Crippen molar-refractivity contribution < 1.29 is 14.6 Å². The van der Waals surface area contributed by atoms with Crippen molar-refractivity contribution in [2.75, 3.05) is 19.8 Å². The fraction of sp³-hybridized carbons (Fsp3) is 0.750. The smallest absolute Gasteiger partial charge is 0.122 e. The van der Waals surface area contributed by atoms with Crippen LogP contribution in [0.2, 0.25) is 0 Å². The van der Waals surface area contributed by atoms with Crippen molar-refractivity contribution in [2.24, 2.45) is 11.8 Å². The summed E-state index contributed by atoms with van der Waals surface area (Å²) >= 11 is 0. The molecule has 0 saturated heterocycles. The first-order valence-corrected chi connectivity index (χ1v) is 11.2. The van der Waals surface area contributed by atoms with Gasteiger partial charge < -0.3 is 14.6 Å². The van der Waals surface area contributed by atoms with Crippen molar-refractivity contribution in [1.82, 2.24) is 0 Å². The van der Waals surface area contributed by atoms with Crippen LogP contribution in [0, 0.1) is 11.8 Å². The predicted octanol–water partition coefficient (Wildman–Crippen LogP) is 6.41. The van der Waals surface area contributed by atoms with Gasteiger partial charge in [-0.15, -0.1) is 0 Å². The van der Waals surface area contributed by atoms with Crippen LogP contribution in [0.25, 0.3) is 0 Å². The summed E-state index contributed by atoms with van der Waals surface area (Å²) in [6.45, 7) is 10.6. The fourth-order valence-electron chi connectivity index (χ4n) is 3.32. The van der Waals surface area contributed by atoms with Crippen LogP contribution >= 0.6 is 0 Å². The fourth-order valence-corrected chi connectivity index (χ4v) is 3.32. The minimum atomic E-state index is 0.126. The van der Waals surface area contributed by atoms with Crippen molar-refractivity contribution in [2.45, 2.75) is 85.5 Å². The van der Waals surface area contributed by atoms with Gasteiger partial charge in [0.1, 0.15) is 11.5 Å². The van der Waals surface area contributed by atoms with Gasteiger partial charge in [0.05, 0.1) is 13.2 Å². The monoisotopic (exact) mass is 378 g/mol. The lowest BCUT2D eigenvalue weighted by Gasteiger charge is -2.19. The molecule has 1 N–H and O–H groups in total. The van der Waals surface area contributed by atoms with E-state index in [4.69, 9.17) is 9.47 Å². The van der Waals surface area contributed by atoms with Gasteiger partial charge in [-0.3, -0.25) is 0 Å². The first-order chi connectivity index (χ1) is 13.2. The molecular weight excluding hydrogens is 336 g/mol. The van der Waals surface area contributed by atoms with Gasteiger partial charge in [-0.2, -0.15) is 0 Å². The van der Waals surface area contributed by atoms with Crippen molar-refractivity contribution in [3.8, 4) is 11.5 Å². The van der Waals surface area contributed by atoms with E-state index in [1.54, 1.807) is 0 Å². The zero-order valence-corrected chi connectivity index (χ0v) is 18.1. The Labute approximate surface area is 167 Å². The lowest BCUT2D eigenvalue weighted by molar-refractivity contribution is 0.224. The number of hydrogen-bond donors (Lipinski definition) is 1. The third-order valence-electron chi connectivity index (χ3n) is 5.46. The minimum Gasteiger partial charge on any atom is -0.493 e. The van der Waals surface area contributed by atoms with E-state index in [1.165, 1.54) is 38.5 Å². The number of hydrogen-bond acceptors (Lipinski definition) is 3. The normalized spacial score (nSPS) is 13.4. The summed E-state index contributed by atoms with van der Waals surface area (Å²) in [5, 5.41) is 9.43. The largest absolute Gasteiger partial charge is 0.493 e. The maximum absolute atomic E-state index is 9.43. The molecule has 0 aliphatic rings. The molecule has 3 nitrogen and oxygen atoms in total. The van der Waals surface area contributed by atoms with E-state index in [2.05, 4.69) is 27.7 Å². The quantitative estimate of drug-likeness (QED) is 0.361. The van der Waals surface area contributed by atoms with Gasteiger partial charge in [0, 0.05) is 12.2 Å². The Kier molecular flexibility index (Phi) is 13.0. The number of ether oxygens (including phenoxy) is 2. The van der Waals surface area contributed by atoms with E-state index in [9.17, 15) is 5.11 Å². The van der Waals surface area contributed by atoms with E-state index in [0.717, 1.165) is 43.1 Å². The highest BCUT2D eigenvalue weighted by Gasteiger charge is 2.12. The Bertz CT molecular complexity index is 487. The number of aliphatic hydroxyl groups is 1. The molecule has 0 radical (unpaired) electrons. The molecule has 1 aromatic rings. The number of rotatable bonds is 16. The Balaban J connectivity index is 2.67. The van der Waals surface area contributed by atoms with Crippen LogP contribution in [0.3, 0.4) is 0 Å². The lowest BCUT2D eigenvalue weighted by Crippen LogP contribution is -2.13. The highest BCUT2D eigenvalue weighted by Crippen LogP contribution is 2.27. The summed E-state index contributed by atoms with van der Waals surface area (Å²) in [6, 6.07) is 6.07. The van der Waals surface area contributed by atoms with Gasteiger partial charge >= 0.3 is 0 Å². The molecule has 2 unspecified atom stereocenters. The molecule has 156 valence electrons. The molecule has 0 aromatic heterocycles. The van der Waals surface area contributed by atoms with Gasteiger partial charge in [-0.1, -0.05) is 66.2 Å². The molecule has 27 heavy (non-hydrogen) atoms. The summed E-state index contributed by atoms with van der Waals surface area (Å²) in [4.78, 5) is 0. The van der Waals surface area contributed by atoms with Crippen LogP contribution in [-0.2, 0) is 6.42 Å². The van der Waals surface area contributed by atoms with Crippen molar-refractivity contribution >= 4 is 0 Å². The van der Waals surface area contributed by atoms with E-state index >= 15 is 0 Å². The average molecular weight is 379 g/mol. The Hall–Kier alpha value is -1.22. The molecule has 1 rings (SSSR count). The van der Waals surface area contributed by atoms with Crippen LogP contribution in [-0.4, -0.2) is 24.9 Å². The Morgan fingerprint density at radius 3 is 1.96 bits per heavy atom. The van der Waals surface area contributed by atoms with Gasteiger partial charge in [0.25, 0.3) is 0 Å². The van der Waals surface area contributed by atoms with Crippen LogP contribution in [0.4, 0.5) is 0 Å². The first kappa shape index (κ1) is 23.8. The zero-order chi connectivity index (χ0) is 19.9. The second-order valence-electron chi connectivity index (χ2n) is 7.70. The highest BCUT2D eigenvalue weighted by atomic mass is 16.5. The number of aliphatic hydroxyl groups excluding tert-OH is 1. The molecule has 3 heteroatoms. The van der Waals surface area contributed by atoms with Crippen molar-refractivity contribution in [3.63, 3.8) is 0 Å². The van der Waals surface area contributed by atoms with E-state index in [0.29, 0.717) is 18.3 Å². The van der Waals surface area contributed by atoms with Crippen LogP contribution < -0.4 is 9.47 Å². The van der Waals surface area contributed by atoms with Crippen LogP contribution in [0.5, 0.6) is 11.5 Å². The molecule has 0 bridgehead atoms. The number of unbranched alkanes of at least 4 members (excludes halogenated alkanes) is 2. The summed E-state index contributed by atoms with van der Waals surface area (Å²) < 4.78 is 12.2. The maximum atomic E-state index is 9.43. The summed E-state index contributed by atoms with van der Waals surface area (Å²) in [7, 11) is 0. The van der Waals surface area contributed by atoms with E-state index in [-0.39, 0.29) is 6.61 Å². The molecule has 0 fully saturated rings. The second kappa shape index (κ2) is 14.8. The standard InChI is InChI=1S/C24H42O3/c1-5-9-11-20(7-3)18-26-23-13-14-24(22(17-23)15-16-25)27-19-21(8-4)12-10-6-2/h13-14,17,20-21,25H,5-12,15-16,18-19H2,1-4H3. The molecule has 0 aliphatic heterocycles. The Morgan fingerprint density at radius 1 is 0.852 bits per heavy atom. The van der Waals surface area contributed by atoms with E-state index in [1.807, 2.05) is 18.2 Å². The predicted molar refractivity (Wildman–Crippen MR) is 115 cm³/mol. The third kappa shape index (κ3) is 9.51. The second-order valence-corrected chi connectivity index (χ2v) is 7.70. The summed E-state index contributed by atoms with van der Waals surface area (Å²) in [5.74, 6) is 3.00. The van der Waals surface area contributed by atoms with Gasteiger partial charge in [0.15, 0.2) is 0 Å². The molecule has 1 aromatic carbocycles. The summed E-state index contributed by atoms with van der Waals surface area (Å²) in [5.41, 5.74) is 1.04. The number of benzene rings is 1. The van der Waals surface area contributed by atoms with Crippen LogP contribution in [0.15, 0.2) is 18.2 Å². The topological polar surface area (TPSA) is 38.7 Å². The molecule has 0 saturated carbocycles. The highest BCUT2D eigenvalue weighted by molar-refractivity contribution is 5.40. The SMILES string of the molecule is CCCCC(CC)COc1ccc(OCC(CC)CCCC)c(CCO)c1. The first-order valence-electron chi connectivity index (χ1n) is 11.2. The van der Waals surface area contributed by atoms with Crippen molar-refractivity contribution in [3.05, 3.63) is 23.8 Å². The maximum Gasteiger partial charge on any atom is 0.122 e. The minimum absolute atomic E-state index is 0.126. The molecule has 2 atom stereocenters. The van der Waals surface area contributed by atoms with E-state index < -0.39 is 0 Å². The van der Waals surface area contributed by atoms with Crippen LogP contribution in [0.1, 0.15) is 84.6 Å². The van der Waals surface area contributed by atoms with Gasteiger partial charge in [-0.25, -0.2) is 0 Å². The summed E-state index contributed by atoms with van der Waals surface area (Å²) in [6.07, 6.45) is 10.3. The molecule has 0 heterocycles. The molecule has 0 aliphatic carbocycles. The lowest BCUT2D eigenvalue weighted by atomic mass is 10.0. The van der Waals surface area contributed by atoms with Gasteiger partial charge in [0.2, 0.25) is 0 Å².